The van der Waals surface area contributed by atoms with Gasteiger partial charge in [-0.1, -0.05) is 6.92 Å². The maximum Gasteiger partial charge on any atom is 0.252 e. The molecule has 3 aromatic rings. The summed E-state index contributed by atoms with van der Waals surface area (Å²) in [6.45, 7) is 3.93. The van der Waals surface area contributed by atoms with Crippen LogP contribution in [0.1, 0.15) is 11.8 Å². The van der Waals surface area contributed by atoms with Crippen LogP contribution in [-0.2, 0) is 16.4 Å². The van der Waals surface area contributed by atoms with Crippen molar-refractivity contribution < 1.29 is 12.8 Å². The van der Waals surface area contributed by atoms with E-state index in [1.54, 1.807) is 18.2 Å². The van der Waals surface area contributed by atoms with E-state index in [0.29, 0.717) is 41.9 Å². The smallest absolute Gasteiger partial charge is 0.252 e. The summed E-state index contributed by atoms with van der Waals surface area (Å²) in [6.07, 6.45) is 0.834. The highest BCUT2D eigenvalue weighted by Gasteiger charge is 2.30. The highest BCUT2D eigenvalue weighted by atomic mass is 32.2. The van der Waals surface area contributed by atoms with E-state index < -0.39 is 10.0 Å². The Kier molecular flexibility index (Phi) is 5.62. The lowest BCUT2D eigenvalue weighted by atomic mass is 10.1. The van der Waals surface area contributed by atoms with Gasteiger partial charge in [0, 0.05) is 36.6 Å². The van der Waals surface area contributed by atoms with Crippen LogP contribution in [0.5, 0.6) is 0 Å². The third-order valence-electron chi connectivity index (χ3n) is 4.93. The van der Waals surface area contributed by atoms with Gasteiger partial charge in [0.25, 0.3) is 10.0 Å². The minimum Gasteiger partial charge on any atom is -0.352 e. The lowest BCUT2D eigenvalue weighted by Gasteiger charge is -2.34. The maximum atomic E-state index is 13.1. The van der Waals surface area contributed by atoms with Crippen molar-refractivity contribution >= 4 is 27.2 Å². The fourth-order valence-electron chi connectivity index (χ4n) is 3.24. The number of sulfonamides is 1. The number of halogens is 1. The van der Waals surface area contributed by atoms with Gasteiger partial charge in [-0.05, 0) is 55.0 Å². The van der Waals surface area contributed by atoms with Crippen molar-refractivity contribution in [3.8, 4) is 11.3 Å². The highest BCUT2D eigenvalue weighted by molar-refractivity contribution is 7.91. The molecule has 0 aliphatic carbocycles. The molecular formula is C20H21FN4O2S2. The maximum absolute atomic E-state index is 13.1. The summed E-state index contributed by atoms with van der Waals surface area (Å²) in [5.74, 6) is 0.414. The van der Waals surface area contributed by atoms with Crippen molar-refractivity contribution in [1.82, 2.24) is 14.5 Å². The van der Waals surface area contributed by atoms with Gasteiger partial charge >= 0.3 is 0 Å². The summed E-state index contributed by atoms with van der Waals surface area (Å²) in [6, 6.07) is 13.4. The van der Waals surface area contributed by atoms with Crippen molar-refractivity contribution in [3.63, 3.8) is 0 Å². The first-order chi connectivity index (χ1) is 14.0. The van der Waals surface area contributed by atoms with Crippen LogP contribution < -0.4 is 4.90 Å². The molecule has 2 aromatic heterocycles. The predicted molar refractivity (Wildman–Crippen MR) is 112 cm³/mol. The normalized spacial score (nSPS) is 15.6. The van der Waals surface area contributed by atoms with E-state index in [-0.39, 0.29) is 5.82 Å². The molecular weight excluding hydrogens is 411 g/mol. The molecule has 0 unspecified atom stereocenters. The van der Waals surface area contributed by atoms with Crippen molar-refractivity contribution in [2.24, 2.45) is 0 Å². The molecule has 1 aliphatic rings. The minimum atomic E-state index is -3.44. The minimum absolute atomic E-state index is 0.292. The molecule has 9 heteroatoms. The lowest BCUT2D eigenvalue weighted by molar-refractivity contribution is 0.384. The zero-order valence-corrected chi connectivity index (χ0v) is 17.6. The van der Waals surface area contributed by atoms with Crippen LogP contribution in [0.4, 0.5) is 10.2 Å². The second-order valence-electron chi connectivity index (χ2n) is 6.75. The number of aryl methyl sites for hydroxylation is 1. The molecule has 4 rings (SSSR count). The molecule has 3 heterocycles. The van der Waals surface area contributed by atoms with Gasteiger partial charge in [-0.25, -0.2) is 12.8 Å². The molecule has 1 fully saturated rings. The number of thiophene rings is 1. The van der Waals surface area contributed by atoms with Crippen LogP contribution in [0.2, 0.25) is 0 Å². The first-order valence-corrected chi connectivity index (χ1v) is 11.7. The molecule has 152 valence electrons. The fourth-order valence-corrected chi connectivity index (χ4v) is 6.11. The second-order valence-corrected chi connectivity index (χ2v) is 10.1. The standard InChI is InChI=1S/C20H21FN4O2S2/c1-2-17-7-10-20(28-17)29(26,27)25-13-11-24(12-14-25)19-9-8-18(22-23-19)15-3-5-16(21)6-4-15/h3-10H,2,11-14H2,1H3. The summed E-state index contributed by atoms with van der Waals surface area (Å²) >= 11 is 1.34. The Bertz CT molecular complexity index is 1070. The monoisotopic (exact) mass is 432 g/mol. The van der Waals surface area contributed by atoms with E-state index in [9.17, 15) is 12.8 Å². The van der Waals surface area contributed by atoms with E-state index in [2.05, 4.69) is 10.2 Å². The third-order valence-corrected chi connectivity index (χ3v) is 8.53. The molecule has 0 amide bonds. The number of rotatable bonds is 5. The Hall–Kier alpha value is -2.36. The van der Waals surface area contributed by atoms with E-state index >= 15 is 0 Å². The topological polar surface area (TPSA) is 66.4 Å². The van der Waals surface area contributed by atoms with Crippen molar-refractivity contribution in [3.05, 3.63) is 59.2 Å². The van der Waals surface area contributed by atoms with Crippen molar-refractivity contribution in [1.29, 1.82) is 0 Å². The van der Waals surface area contributed by atoms with Crippen LogP contribution in [0.25, 0.3) is 11.3 Å². The SMILES string of the molecule is CCc1ccc(S(=O)(=O)N2CCN(c3ccc(-c4ccc(F)cc4)nn3)CC2)s1. The number of piperazine rings is 1. The zero-order valence-electron chi connectivity index (χ0n) is 16.0. The highest BCUT2D eigenvalue weighted by Crippen LogP contribution is 2.27. The summed E-state index contributed by atoms with van der Waals surface area (Å²) in [7, 11) is -3.44. The lowest BCUT2D eigenvalue weighted by Crippen LogP contribution is -2.48. The van der Waals surface area contributed by atoms with Crippen LogP contribution in [-0.4, -0.2) is 49.1 Å². The Morgan fingerprint density at radius 3 is 2.28 bits per heavy atom. The van der Waals surface area contributed by atoms with Gasteiger partial charge in [-0.2, -0.15) is 4.31 Å². The average Bonchev–Trinajstić information content (AvgIpc) is 3.25. The van der Waals surface area contributed by atoms with Crippen LogP contribution in [0, 0.1) is 5.82 Å². The number of hydrogen-bond acceptors (Lipinski definition) is 6. The molecule has 1 aromatic carbocycles. The Morgan fingerprint density at radius 1 is 0.966 bits per heavy atom. The first-order valence-electron chi connectivity index (χ1n) is 9.41. The first kappa shape index (κ1) is 19.9. The molecule has 6 nitrogen and oxygen atoms in total. The molecule has 0 radical (unpaired) electrons. The molecule has 1 saturated heterocycles. The van der Waals surface area contributed by atoms with Crippen LogP contribution in [0.15, 0.2) is 52.7 Å². The molecule has 0 saturated carbocycles. The van der Waals surface area contributed by atoms with E-state index in [1.807, 2.05) is 30.0 Å². The Balaban J connectivity index is 1.42. The molecule has 0 bridgehead atoms. The summed E-state index contributed by atoms with van der Waals surface area (Å²) in [4.78, 5) is 3.10. The van der Waals surface area contributed by atoms with Crippen molar-refractivity contribution in [2.75, 3.05) is 31.1 Å². The number of benzene rings is 1. The number of aromatic nitrogens is 2. The molecule has 0 spiro atoms. The third kappa shape index (κ3) is 4.17. The van der Waals surface area contributed by atoms with E-state index in [0.717, 1.165) is 16.9 Å². The van der Waals surface area contributed by atoms with E-state index in [1.165, 1.54) is 27.8 Å². The van der Waals surface area contributed by atoms with Gasteiger partial charge in [0.15, 0.2) is 5.82 Å². The van der Waals surface area contributed by atoms with Gasteiger partial charge in [0.1, 0.15) is 10.0 Å². The summed E-state index contributed by atoms with van der Waals surface area (Å²) in [5, 5.41) is 8.51. The fraction of sp³-hybridized carbons (Fsp3) is 0.300. The second kappa shape index (κ2) is 8.17. The molecule has 29 heavy (non-hydrogen) atoms. The number of anilines is 1. The van der Waals surface area contributed by atoms with E-state index in [4.69, 9.17) is 0 Å². The van der Waals surface area contributed by atoms with Gasteiger partial charge in [0.2, 0.25) is 0 Å². The van der Waals surface area contributed by atoms with Gasteiger partial charge in [-0.3, -0.25) is 0 Å². The summed E-state index contributed by atoms with van der Waals surface area (Å²) < 4.78 is 40.7. The van der Waals surface area contributed by atoms with Gasteiger partial charge in [0.05, 0.1) is 5.69 Å². The molecule has 0 N–H and O–H groups in total. The summed E-state index contributed by atoms with van der Waals surface area (Å²) in [5.41, 5.74) is 1.46. The average molecular weight is 433 g/mol. The van der Waals surface area contributed by atoms with Gasteiger partial charge in [-0.15, -0.1) is 21.5 Å². The number of nitrogens with zero attached hydrogens (tertiary/aromatic N) is 4. The Morgan fingerprint density at radius 2 is 1.69 bits per heavy atom. The number of hydrogen-bond donors (Lipinski definition) is 0. The van der Waals surface area contributed by atoms with Gasteiger partial charge < -0.3 is 4.90 Å². The molecule has 1 aliphatic heterocycles. The quantitative estimate of drug-likeness (QED) is 0.618. The van der Waals surface area contributed by atoms with Crippen LogP contribution >= 0.6 is 11.3 Å². The van der Waals surface area contributed by atoms with Crippen LogP contribution in [0.3, 0.4) is 0 Å². The zero-order chi connectivity index (χ0) is 20.4. The molecule has 0 atom stereocenters. The van der Waals surface area contributed by atoms with Crippen molar-refractivity contribution in [2.45, 2.75) is 17.6 Å². The Labute approximate surface area is 173 Å². The predicted octanol–water partition coefficient (Wildman–Crippen LogP) is 3.42. The largest absolute Gasteiger partial charge is 0.352 e.